The van der Waals surface area contributed by atoms with E-state index in [0.717, 1.165) is 31.7 Å². The van der Waals surface area contributed by atoms with Crippen LogP contribution in [0.5, 0.6) is 0 Å². The van der Waals surface area contributed by atoms with Crippen molar-refractivity contribution in [2.24, 2.45) is 7.05 Å². The van der Waals surface area contributed by atoms with Gasteiger partial charge in [0.25, 0.3) is 0 Å². The number of hydrogen-bond donors (Lipinski definition) is 1. The van der Waals surface area contributed by atoms with Gasteiger partial charge in [-0.2, -0.15) is 9.90 Å². The van der Waals surface area contributed by atoms with Gasteiger partial charge in [-0.25, -0.2) is 0 Å². The maximum atomic E-state index is 4.49. The summed E-state index contributed by atoms with van der Waals surface area (Å²) in [6.45, 7) is 2.85. The van der Waals surface area contributed by atoms with E-state index in [9.17, 15) is 0 Å². The van der Waals surface area contributed by atoms with Crippen molar-refractivity contribution in [3.8, 4) is 11.5 Å². The van der Waals surface area contributed by atoms with Gasteiger partial charge in [0, 0.05) is 13.1 Å². The standard InChI is InChI=1S/C9H13N7/c1-15-13-9(11-14-15)8-5-7-6-10-3-2-4-16(7)12-8/h5,10H,2-4,6H2,1H3. The molecular formula is C9H13N7. The average molecular weight is 219 g/mol. The molecule has 0 atom stereocenters. The van der Waals surface area contributed by atoms with E-state index in [1.807, 2.05) is 10.7 Å². The van der Waals surface area contributed by atoms with Gasteiger partial charge in [0.15, 0.2) is 0 Å². The van der Waals surface area contributed by atoms with E-state index in [-0.39, 0.29) is 0 Å². The van der Waals surface area contributed by atoms with E-state index in [1.54, 1.807) is 7.05 Å². The van der Waals surface area contributed by atoms with Crippen molar-refractivity contribution in [3.05, 3.63) is 11.8 Å². The quantitative estimate of drug-likeness (QED) is 0.704. The molecule has 0 aliphatic carbocycles. The van der Waals surface area contributed by atoms with Crippen molar-refractivity contribution in [3.63, 3.8) is 0 Å². The van der Waals surface area contributed by atoms with Gasteiger partial charge in [0.1, 0.15) is 5.69 Å². The first-order valence-corrected chi connectivity index (χ1v) is 5.35. The molecule has 0 saturated carbocycles. The molecule has 7 nitrogen and oxygen atoms in total. The highest BCUT2D eigenvalue weighted by Gasteiger charge is 2.14. The van der Waals surface area contributed by atoms with Gasteiger partial charge in [-0.3, -0.25) is 4.68 Å². The molecule has 0 saturated heterocycles. The minimum atomic E-state index is 0.586. The Morgan fingerprint density at radius 2 is 2.31 bits per heavy atom. The predicted molar refractivity (Wildman–Crippen MR) is 56.3 cm³/mol. The minimum Gasteiger partial charge on any atom is -0.311 e. The summed E-state index contributed by atoms with van der Waals surface area (Å²) in [6, 6.07) is 2.02. The SMILES string of the molecule is Cn1nnc(-c2cc3n(n2)CCCNC3)n1. The third-order valence-corrected chi connectivity index (χ3v) is 2.63. The summed E-state index contributed by atoms with van der Waals surface area (Å²) in [5.74, 6) is 0.586. The Bertz CT molecular complexity index is 474. The van der Waals surface area contributed by atoms with Gasteiger partial charge in [0.2, 0.25) is 5.82 Å². The van der Waals surface area contributed by atoms with Gasteiger partial charge < -0.3 is 5.32 Å². The molecule has 1 N–H and O–H groups in total. The Morgan fingerprint density at radius 3 is 3.12 bits per heavy atom. The molecule has 1 aliphatic heterocycles. The third-order valence-electron chi connectivity index (χ3n) is 2.63. The number of hydrogen-bond acceptors (Lipinski definition) is 5. The van der Waals surface area contributed by atoms with Crippen molar-refractivity contribution in [1.29, 1.82) is 0 Å². The largest absolute Gasteiger partial charge is 0.311 e. The normalized spacial score (nSPS) is 15.8. The highest BCUT2D eigenvalue weighted by molar-refractivity contribution is 5.48. The van der Waals surface area contributed by atoms with Gasteiger partial charge in [-0.05, 0) is 24.2 Å². The smallest absolute Gasteiger partial charge is 0.225 e. The molecule has 2 aromatic rings. The second-order valence-corrected chi connectivity index (χ2v) is 3.88. The zero-order chi connectivity index (χ0) is 11.0. The number of aromatic nitrogens is 6. The number of rotatable bonds is 1. The molecule has 7 heteroatoms. The molecule has 1 aliphatic rings. The molecule has 16 heavy (non-hydrogen) atoms. The molecule has 84 valence electrons. The molecule has 0 radical (unpaired) electrons. The molecule has 3 rings (SSSR count). The number of tetrazole rings is 1. The Labute approximate surface area is 92.4 Å². The zero-order valence-electron chi connectivity index (χ0n) is 9.09. The summed E-state index contributed by atoms with van der Waals surface area (Å²) in [6.07, 6.45) is 1.10. The lowest BCUT2D eigenvalue weighted by molar-refractivity contribution is 0.588. The van der Waals surface area contributed by atoms with Crippen molar-refractivity contribution in [2.75, 3.05) is 6.54 Å². The number of nitrogens with one attached hydrogen (secondary N) is 1. The van der Waals surface area contributed by atoms with E-state index in [1.165, 1.54) is 10.5 Å². The first-order chi connectivity index (χ1) is 7.83. The van der Waals surface area contributed by atoms with Gasteiger partial charge >= 0.3 is 0 Å². The second-order valence-electron chi connectivity index (χ2n) is 3.88. The fourth-order valence-corrected chi connectivity index (χ4v) is 1.86. The number of nitrogens with zero attached hydrogens (tertiary/aromatic N) is 6. The molecule has 0 amide bonds. The van der Waals surface area contributed by atoms with E-state index in [2.05, 4.69) is 25.8 Å². The molecule has 0 unspecified atom stereocenters. The Kier molecular flexibility index (Phi) is 2.17. The van der Waals surface area contributed by atoms with Crippen LogP contribution in [-0.2, 0) is 20.1 Å². The van der Waals surface area contributed by atoms with Crippen LogP contribution in [0.1, 0.15) is 12.1 Å². The van der Waals surface area contributed by atoms with Crippen LogP contribution >= 0.6 is 0 Å². The first-order valence-electron chi connectivity index (χ1n) is 5.35. The first kappa shape index (κ1) is 9.46. The van der Waals surface area contributed by atoms with Crippen LogP contribution < -0.4 is 5.32 Å². The maximum absolute atomic E-state index is 4.49. The fraction of sp³-hybridized carbons (Fsp3) is 0.556. The summed E-state index contributed by atoms with van der Waals surface area (Å²) < 4.78 is 2.02. The van der Waals surface area contributed by atoms with Crippen LogP contribution in [0.3, 0.4) is 0 Å². The van der Waals surface area contributed by atoms with E-state index >= 15 is 0 Å². The monoisotopic (exact) mass is 219 g/mol. The van der Waals surface area contributed by atoms with Crippen LogP contribution in [0.4, 0.5) is 0 Å². The Balaban J connectivity index is 1.98. The predicted octanol–water partition coefficient (Wildman–Crippen LogP) is -0.433. The Hall–Kier alpha value is -1.76. The lowest BCUT2D eigenvalue weighted by atomic mass is 10.3. The van der Waals surface area contributed by atoms with Gasteiger partial charge in [0.05, 0.1) is 12.7 Å². The maximum Gasteiger partial charge on any atom is 0.225 e. The van der Waals surface area contributed by atoms with Crippen molar-refractivity contribution in [2.45, 2.75) is 19.5 Å². The van der Waals surface area contributed by atoms with Gasteiger partial charge in [-0.1, -0.05) is 0 Å². The lowest BCUT2D eigenvalue weighted by Gasteiger charge is -1.98. The average Bonchev–Trinajstić information content (AvgIpc) is 2.81. The molecular weight excluding hydrogens is 206 g/mol. The van der Waals surface area contributed by atoms with Crippen LogP contribution in [0.15, 0.2) is 6.07 Å². The van der Waals surface area contributed by atoms with Crippen molar-refractivity contribution in [1.82, 2.24) is 35.3 Å². The zero-order valence-corrected chi connectivity index (χ0v) is 9.09. The number of fused-ring (bicyclic) bond motifs is 1. The Morgan fingerprint density at radius 1 is 1.38 bits per heavy atom. The van der Waals surface area contributed by atoms with Crippen LogP contribution in [0.2, 0.25) is 0 Å². The topological polar surface area (TPSA) is 73.5 Å². The number of aryl methyl sites for hydroxylation is 2. The molecule has 3 heterocycles. The highest BCUT2D eigenvalue weighted by atomic mass is 15.6. The fourth-order valence-electron chi connectivity index (χ4n) is 1.86. The van der Waals surface area contributed by atoms with E-state index in [0.29, 0.717) is 5.82 Å². The summed E-state index contributed by atoms with van der Waals surface area (Å²) in [5, 5.41) is 19.8. The van der Waals surface area contributed by atoms with Crippen molar-refractivity contribution < 1.29 is 0 Å². The molecule has 0 bridgehead atoms. The minimum absolute atomic E-state index is 0.586. The molecule has 0 spiro atoms. The van der Waals surface area contributed by atoms with Gasteiger partial charge in [-0.15, -0.1) is 10.2 Å². The molecule has 0 fully saturated rings. The molecule has 2 aromatic heterocycles. The molecule has 0 aromatic carbocycles. The lowest BCUT2D eigenvalue weighted by Crippen LogP contribution is -2.11. The van der Waals surface area contributed by atoms with Crippen LogP contribution in [-0.4, -0.2) is 36.5 Å². The summed E-state index contributed by atoms with van der Waals surface area (Å²) >= 11 is 0. The second kappa shape index (κ2) is 3.67. The highest BCUT2D eigenvalue weighted by Crippen LogP contribution is 2.15. The summed E-state index contributed by atoms with van der Waals surface area (Å²) in [7, 11) is 1.75. The van der Waals surface area contributed by atoms with E-state index < -0.39 is 0 Å². The summed E-state index contributed by atoms with van der Waals surface area (Å²) in [4.78, 5) is 1.44. The van der Waals surface area contributed by atoms with Crippen LogP contribution in [0, 0.1) is 0 Å². The van der Waals surface area contributed by atoms with Crippen molar-refractivity contribution >= 4 is 0 Å². The van der Waals surface area contributed by atoms with E-state index in [4.69, 9.17) is 0 Å². The third kappa shape index (κ3) is 1.58. The van der Waals surface area contributed by atoms with Crippen LogP contribution in [0.25, 0.3) is 11.5 Å². The summed E-state index contributed by atoms with van der Waals surface area (Å²) in [5.41, 5.74) is 1.98.